The number of benzene rings is 10. The van der Waals surface area contributed by atoms with E-state index in [-0.39, 0.29) is 0 Å². The van der Waals surface area contributed by atoms with Crippen molar-refractivity contribution >= 4 is 49.6 Å². The monoisotopic (exact) mass is 776 g/mol. The summed E-state index contributed by atoms with van der Waals surface area (Å²) in [6, 6.07) is 89.2. The first-order valence-corrected chi connectivity index (χ1v) is 21.1. The highest BCUT2D eigenvalue weighted by molar-refractivity contribution is 6.10. The molecule has 1 unspecified atom stereocenters. The smallest absolute Gasteiger partial charge is 0.0714 e. The highest BCUT2D eigenvalue weighted by atomic mass is 15.1. The Morgan fingerprint density at radius 1 is 0.344 bits per heavy atom. The molecule has 0 bridgehead atoms. The van der Waals surface area contributed by atoms with E-state index in [4.69, 9.17) is 0 Å². The second-order valence-electron chi connectivity index (χ2n) is 16.1. The number of anilines is 3. The zero-order chi connectivity index (χ0) is 40.3. The lowest BCUT2D eigenvalue weighted by atomic mass is 9.67. The molecule has 10 aromatic carbocycles. The summed E-state index contributed by atoms with van der Waals surface area (Å²) in [5.41, 5.74) is 16.3. The van der Waals surface area contributed by atoms with Crippen molar-refractivity contribution in [1.82, 2.24) is 4.57 Å². The third-order valence-electron chi connectivity index (χ3n) is 12.9. The SMILES string of the molecule is c1ccc(-c2ccc(N(c3ccc4c(c3)C(c3ccccc3)(c3ccc5c(c3)c3ccccc3n5-c3ccccc3)c3ccccc3-4)c3cccc4ccccc34)cc2)cc1. The van der Waals surface area contributed by atoms with E-state index in [1.807, 2.05) is 0 Å². The van der Waals surface area contributed by atoms with Crippen LogP contribution in [0.25, 0.3) is 60.5 Å². The Labute approximate surface area is 355 Å². The number of hydrogen-bond acceptors (Lipinski definition) is 1. The van der Waals surface area contributed by atoms with Crippen molar-refractivity contribution in [1.29, 1.82) is 0 Å². The summed E-state index contributed by atoms with van der Waals surface area (Å²) < 4.78 is 2.41. The van der Waals surface area contributed by atoms with Gasteiger partial charge < -0.3 is 9.47 Å². The summed E-state index contributed by atoms with van der Waals surface area (Å²) >= 11 is 0. The van der Waals surface area contributed by atoms with E-state index in [1.165, 1.54) is 77.1 Å². The van der Waals surface area contributed by atoms with Crippen LogP contribution in [0, 0.1) is 0 Å². The summed E-state index contributed by atoms with van der Waals surface area (Å²) in [5, 5.41) is 4.90. The van der Waals surface area contributed by atoms with E-state index < -0.39 is 5.41 Å². The number of hydrogen-bond donors (Lipinski definition) is 0. The van der Waals surface area contributed by atoms with Crippen LogP contribution in [0.3, 0.4) is 0 Å². The summed E-state index contributed by atoms with van der Waals surface area (Å²) in [7, 11) is 0. The van der Waals surface area contributed by atoms with Gasteiger partial charge in [-0.15, -0.1) is 0 Å². The Hall–Kier alpha value is -7.94. The molecule has 2 heteroatoms. The van der Waals surface area contributed by atoms with Gasteiger partial charge in [0, 0.05) is 33.2 Å². The molecule has 12 rings (SSSR count). The van der Waals surface area contributed by atoms with Crippen LogP contribution < -0.4 is 4.90 Å². The van der Waals surface area contributed by atoms with Gasteiger partial charge in [0.15, 0.2) is 0 Å². The lowest BCUT2D eigenvalue weighted by molar-refractivity contribution is 0.770. The van der Waals surface area contributed by atoms with Crippen molar-refractivity contribution in [3.63, 3.8) is 0 Å². The molecule has 1 aliphatic rings. The molecule has 0 radical (unpaired) electrons. The van der Waals surface area contributed by atoms with Gasteiger partial charge in [-0.3, -0.25) is 0 Å². The van der Waals surface area contributed by atoms with Gasteiger partial charge in [-0.05, 0) is 111 Å². The molecule has 286 valence electrons. The Morgan fingerprint density at radius 2 is 0.951 bits per heavy atom. The molecule has 0 saturated carbocycles. The average Bonchev–Trinajstić information content (AvgIpc) is 3.83. The van der Waals surface area contributed by atoms with E-state index in [0.717, 1.165) is 22.7 Å². The highest BCUT2D eigenvalue weighted by Gasteiger charge is 2.46. The topological polar surface area (TPSA) is 8.17 Å². The first kappa shape index (κ1) is 35.0. The van der Waals surface area contributed by atoms with Crippen molar-refractivity contribution in [2.24, 2.45) is 0 Å². The second kappa shape index (κ2) is 14.1. The Bertz CT molecular complexity index is 3400. The van der Waals surface area contributed by atoms with Crippen molar-refractivity contribution in [3.8, 4) is 27.9 Å². The molecule has 0 aliphatic heterocycles. The molecular weight excluding hydrogens is 737 g/mol. The standard InChI is InChI=1S/C59H40N2/c1-4-17-41(18-5-1)42-31-34-47(35-32-42)60(56-30-16-20-43-19-10-11-25-49(43)56)48-36-37-51-50-26-12-14-28-54(50)59(55(51)40-48,44-21-6-2-7-22-44)45-33-38-58-53(39-45)52-27-13-15-29-57(52)61(58)46-23-8-3-9-24-46/h1-40H. The van der Waals surface area contributed by atoms with Gasteiger partial charge in [0.25, 0.3) is 0 Å². The third kappa shape index (κ3) is 5.43. The van der Waals surface area contributed by atoms with Gasteiger partial charge in [0.1, 0.15) is 0 Å². The molecule has 1 heterocycles. The normalized spacial score (nSPS) is 14.3. The van der Waals surface area contributed by atoms with Gasteiger partial charge in [-0.25, -0.2) is 0 Å². The molecule has 1 aliphatic carbocycles. The summed E-state index contributed by atoms with van der Waals surface area (Å²) in [4.78, 5) is 2.45. The maximum absolute atomic E-state index is 2.48. The maximum Gasteiger partial charge on any atom is 0.0714 e. The largest absolute Gasteiger partial charge is 0.310 e. The van der Waals surface area contributed by atoms with E-state index in [1.54, 1.807) is 0 Å². The molecule has 2 nitrogen and oxygen atoms in total. The third-order valence-corrected chi connectivity index (χ3v) is 12.9. The van der Waals surface area contributed by atoms with Crippen LogP contribution in [-0.4, -0.2) is 4.57 Å². The minimum Gasteiger partial charge on any atom is -0.310 e. The summed E-state index contributed by atoms with van der Waals surface area (Å²) in [5.74, 6) is 0. The van der Waals surface area contributed by atoms with Crippen molar-refractivity contribution in [3.05, 3.63) is 265 Å². The molecule has 0 saturated heterocycles. The van der Waals surface area contributed by atoms with E-state index >= 15 is 0 Å². The maximum atomic E-state index is 2.48. The van der Waals surface area contributed by atoms with E-state index in [9.17, 15) is 0 Å². The van der Waals surface area contributed by atoms with Crippen molar-refractivity contribution < 1.29 is 0 Å². The fraction of sp³-hybridized carbons (Fsp3) is 0.0169. The lowest BCUT2D eigenvalue weighted by Crippen LogP contribution is -2.28. The van der Waals surface area contributed by atoms with Crippen molar-refractivity contribution in [2.45, 2.75) is 5.41 Å². The van der Waals surface area contributed by atoms with Gasteiger partial charge in [-0.2, -0.15) is 0 Å². The predicted molar refractivity (Wildman–Crippen MR) is 256 cm³/mol. The minimum absolute atomic E-state index is 0.602. The molecule has 1 atom stereocenters. The molecule has 0 amide bonds. The fourth-order valence-corrected chi connectivity index (χ4v) is 10.2. The number of para-hydroxylation sites is 2. The number of fused-ring (bicyclic) bond motifs is 7. The van der Waals surface area contributed by atoms with Crippen LogP contribution in [0.5, 0.6) is 0 Å². The second-order valence-corrected chi connectivity index (χ2v) is 16.1. The van der Waals surface area contributed by atoms with Crippen LogP contribution in [0.4, 0.5) is 17.1 Å². The minimum atomic E-state index is -0.602. The van der Waals surface area contributed by atoms with E-state index in [2.05, 4.69) is 252 Å². The highest BCUT2D eigenvalue weighted by Crippen LogP contribution is 2.58. The molecule has 0 spiro atoms. The Morgan fingerprint density at radius 3 is 1.77 bits per heavy atom. The van der Waals surface area contributed by atoms with Gasteiger partial charge in [0.2, 0.25) is 0 Å². The van der Waals surface area contributed by atoms with Crippen LogP contribution in [0.15, 0.2) is 243 Å². The molecule has 61 heavy (non-hydrogen) atoms. The first-order valence-electron chi connectivity index (χ1n) is 21.1. The molecule has 0 fully saturated rings. The summed E-state index contributed by atoms with van der Waals surface area (Å²) in [6.07, 6.45) is 0. The van der Waals surface area contributed by atoms with Crippen LogP contribution >= 0.6 is 0 Å². The Kier molecular flexibility index (Phi) is 8.11. The fourth-order valence-electron chi connectivity index (χ4n) is 10.2. The van der Waals surface area contributed by atoms with Crippen LogP contribution in [0.1, 0.15) is 22.3 Å². The molecule has 0 N–H and O–H groups in total. The van der Waals surface area contributed by atoms with Crippen molar-refractivity contribution in [2.75, 3.05) is 4.90 Å². The average molecular weight is 777 g/mol. The van der Waals surface area contributed by atoms with E-state index in [0.29, 0.717) is 0 Å². The number of rotatable bonds is 7. The molecular formula is C59H40N2. The zero-order valence-electron chi connectivity index (χ0n) is 33.5. The molecule has 11 aromatic rings. The molecule has 1 aromatic heterocycles. The van der Waals surface area contributed by atoms with Crippen LogP contribution in [-0.2, 0) is 5.41 Å². The summed E-state index contributed by atoms with van der Waals surface area (Å²) in [6.45, 7) is 0. The van der Waals surface area contributed by atoms with Gasteiger partial charge >= 0.3 is 0 Å². The van der Waals surface area contributed by atoms with Gasteiger partial charge in [0.05, 0.1) is 22.1 Å². The predicted octanol–water partition coefficient (Wildman–Crippen LogP) is 15.4. The quantitative estimate of drug-likeness (QED) is 0.156. The lowest BCUT2D eigenvalue weighted by Gasteiger charge is -2.35. The van der Waals surface area contributed by atoms with Crippen LogP contribution in [0.2, 0.25) is 0 Å². The zero-order valence-corrected chi connectivity index (χ0v) is 33.5. The first-order chi connectivity index (χ1) is 30.3. The number of aromatic nitrogens is 1. The number of nitrogens with zero attached hydrogens (tertiary/aromatic N) is 2. The van der Waals surface area contributed by atoms with Gasteiger partial charge in [-0.1, -0.05) is 182 Å². The Balaban J connectivity index is 1.13.